The second-order valence-electron chi connectivity index (χ2n) is 6.92. The Kier molecular flexibility index (Phi) is 7.05. The Morgan fingerprint density at radius 2 is 1.87 bits per heavy atom. The van der Waals surface area contributed by atoms with Crippen LogP contribution >= 0.6 is 11.6 Å². The summed E-state index contributed by atoms with van der Waals surface area (Å²) in [5.41, 5.74) is 1.15. The fourth-order valence-electron chi connectivity index (χ4n) is 3.30. The minimum absolute atomic E-state index is 0.117. The van der Waals surface area contributed by atoms with Crippen molar-refractivity contribution in [3.63, 3.8) is 0 Å². The van der Waals surface area contributed by atoms with Crippen LogP contribution in [0.4, 0.5) is 11.4 Å². The van der Waals surface area contributed by atoms with E-state index >= 15 is 0 Å². The average molecular weight is 433 g/mol. The predicted octanol–water partition coefficient (Wildman–Crippen LogP) is 4.14. The molecule has 1 aliphatic heterocycles. The zero-order valence-corrected chi connectivity index (χ0v) is 18.0. The number of hydrogen-bond donors (Lipinski definition) is 1. The maximum absolute atomic E-state index is 12.9. The molecule has 160 valence electrons. The fraction of sp³-hybridized carbons (Fsp3) is 0.364. The lowest BCUT2D eigenvalue weighted by Crippen LogP contribution is -2.28. The highest BCUT2D eigenvalue weighted by Gasteiger charge is 2.35. The lowest BCUT2D eigenvalue weighted by Gasteiger charge is -2.19. The lowest BCUT2D eigenvalue weighted by atomic mass is 10.1. The molecule has 1 heterocycles. The molecular formula is C22H25ClN2O5. The van der Waals surface area contributed by atoms with E-state index in [-0.39, 0.29) is 24.8 Å². The monoisotopic (exact) mass is 432 g/mol. The second kappa shape index (κ2) is 9.71. The number of halogens is 1. The molecule has 8 heteroatoms. The van der Waals surface area contributed by atoms with Gasteiger partial charge in [0.05, 0.1) is 32.4 Å². The Labute approximate surface area is 180 Å². The number of carbonyl (C=O) groups is 2. The fourth-order valence-corrected chi connectivity index (χ4v) is 3.47. The van der Waals surface area contributed by atoms with Crippen LogP contribution in [0.25, 0.3) is 0 Å². The first-order chi connectivity index (χ1) is 14.5. The van der Waals surface area contributed by atoms with Gasteiger partial charge in [-0.05, 0) is 36.8 Å². The quantitative estimate of drug-likeness (QED) is 0.678. The molecule has 1 aliphatic rings. The van der Waals surface area contributed by atoms with Gasteiger partial charge in [0.1, 0.15) is 5.75 Å². The Hall–Kier alpha value is -2.93. The molecule has 1 N–H and O–H groups in total. The molecule has 1 atom stereocenters. The summed E-state index contributed by atoms with van der Waals surface area (Å²) >= 11 is 6.08. The summed E-state index contributed by atoms with van der Waals surface area (Å²) in [7, 11) is 3.08. The second-order valence-corrected chi connectivity index (χ2v) is 7.36. The van der Waals surface area contributed by atoms with Gasteiger partial charge < -0.3 is 24.4 Å². The normalized spacial score (nSPS) is 15.8. The molecule has 0 bridgehead atoms. The molecule has 7 nitrogen and oxygen atoms in total. The number of rotatable bonds is 8. The van der Waals surface area contributed by atoms with Gasteiger partial charge in [-0.15, -0.1) is 0 Å². The van der Waals surface area contributed by atoms with Gasteiger partial charge in [-0.2, -0.15) is 0 Å². The largest absolute Gasteiger partial charge is 0.493 e. The molecular weight excluding hydrogens is 408 g/mol. The van der Waals surface area contributed by atoms with Gasteiger partial charge in [-0.25, -0.2) is 0 Å². The predicted molar refractivity (Wildman–Crippen MR) is 116 cm³/mol. The molecule has 1 fully saturated rings. The summed E-state index contributed by atoms with van der Waals surface area (Å²) in [6.07, 6.45) is 0.958. The molecule has 2 amide bonds. The van der Waals surface area contributed by atoms with Gasteiger partial charge in [0, 0.05) is 29.7 Å². The number of methoxy groups -OCH3 is 2. The summed E-state index contributed by atoms with van der Waals surface area (Å²) in [5.74, 6) is 0.764. The number of amides is 2. The topological polar surface area (TPSA) is 77.1 Å². The Bertz CT molecular complexity index is 934. The highest BCUT2D eigenvalue weighted by molar-refractivity contribution is 6.31. The number of benzene rings is 2. The Morgan fingerprint density at radius 3 is 2.57 bits per heavy atom. The van der Waals surface area contributed by atoms with E-state index in [0.717, 1.165) is 6.42 Å². The van der Waals surface area contributed by atoms with E-state index in [0.29, 0.717) is 40.3 Å². The first-order valence-corrected chi connectivity index (χ1v) is 10.1. The maximum atomic E-state index is 12.9. The van der Waals surface area contributed by atoms with Crippen LogP contribution in [0.15, 0.2) is 36.4 Å². The smallest absolute Gasteiger partial charge is 0.229 e. The van der Waals surface area contributed by atoms with Gasteiger partial charge in [0.15, 0.2) is 11.5 Å². The van der Waals surface area contributed by atoms with Crippen molar-refractivity contribution in [3.8, 4) is 17.2 Å². The van der Waals surface area contributed by atoms with Crippen molar-refractivity contribution in [3.05, 3.63) is 41.4 Å². The van der Waals surface area contributed by atoms with Crippen molar-refractivity contribution in [2.45, 2.75) is 19.8 Å². The molecule has 2 aromatic carbocycles. The van der Waals surface area contributed by atoms with E-state index in [1.165, 1.54) is 7.11 Å². The molecule has 0 aromatic heterocycles. The van der Waals surface area contributed by atoms with Crippen LogP contribution in [0.1, 0.15) is 19.8 Å². The maximum Gasteiger partial charge on any atom is 0.229 e. The Morgan fingerprint density at radius 1 is 1.13 bits per heavy atom. The zero-order chi connectivity index (χ0) is 21.7. The third kappa shape index (κ3) is 4.79. The van der Waals surface area contributed by atoms with Crippen LogP contribution in [0.5, 0.6) is 17.2 Å². The standard InChI is InChI=1S/C22H25ClN2O5/c1-4-9-30-18-7-5-15(23)11-17(18)24-22(27)14-10-21(26)25(13-14)16-6-8-19(28-2)20(12-16)29-3/h5-8,11-12,14H,4,9-10,13H2,1-3H3,(H,24,27). The highest BCUT2D eigenvalue weighted by Crippen LogP contribution is 2.35. The minimum atomic E-state index is -0.497. The van der Waals surface area contributed by atoms with Crippen molar-refractivity contribution >= 4 is 34.8 Å². The summed E-state index contributed by atoms with van der Waals surface area (Å²) in [4.78, 5) is 27.0. The van der Waals surface area contributed by atoms with E-state index in [9.17, 15) is 9.59 Å². The van der Waals surface area contributed by atoms with Crippen molar-refractivity contribution in [2.24, 2.45) is 5.92 Å². The highest BCUT2D eigenvalue weighted by atomic mass is 35.5. The molecule has 1 unspecified atom stereocenters. The number of anilines is 2. The van der Waals surface area contributed by atoms with Crippen molar-refractivity contribution in [1.82, 2.24) is 0 Å². The number of nitrogens with one attached hydrogen (secondary N) is 1. The summed E-state index contributed by atoms with van der Waals surface area (Å²) < 4.78 is 16.2. The van der Waals surface area contributed by atoms with Gasteiger partial charge in [0.2, 0.25) is 11.8 Å². The van der Waals surface area contributed by atoms with Crippen molar-refractivity contribution in [1.29, 1.82) is 0 Å². The zero-order valence-electron chi connectivity index (χ0n) is 17.2. The SMILES string of the molecule is CCCOc1ccc(Cl)cc1NC(=O)C1CC(=O)N(c2ccc(OC)c(OC)c2)C1. The van der Waals surface area contributed by atoms with Crippen LogP contribution in [0, 0.1) is 5.92 Å². The third-order valence-corrected chi connectivity index (χ3v) is 5.07. The first-order valence-electron chi connectivity index (χ1n) is 9.72. The summed E-state index contributed by atoms with van der Waals surface area (Å²) in [6.45, 7) is 2.80. The van der Waals surface area contributed by atoms with Crippen LogP contribution < -0.4 is 24.4 Å². The number of hydrogen-bond acceptors (Lipinski definition) is 5. The third-order valence-electron chi connectivity index (χ3n) is 4.84. The lowest BCUT2D eigenvalue weighted by molar-refractivity contribution is -0.122. The van der Waals surface area contributed by atoms with Gasteiger partial charge in [0.25, 0.3) is 0 Å². The molecule has 0 aliphatic carbocycles. The average Bonchev–Trinajstić information content (AvgIpc) is 3.14. The number of nitrogens with zero attached hydrogens (tertiary/aromatic N) is 1. The van der Waals surface area contributed by atoms with Gasteiger partial charge in [-0.3, -0.25) is 9.59 Å². The van der Waals surface area contributed by atoms with E-state index in [4.69, 9.17) is 25.8 Å². The molecule has 30 heavy (non-hydrogen) atoms. The molecule has 3 rings (SSSR count). The molecule has 0 radical (unpaired) electrons. The van der Waals surface area contributed by atoms with Crippen LogP contribution in [0.3, 0.4) is 0 Å². The summed E-state index contributed by atoms with van der Waals surface area (Å²) in [6, 6.07) is 10.3. The molecule has 1 saturated heterocycles. The van der Waals surface area contributed by atoms with Crippen molar-refractivity contribution in [2.75, 3.05) is 37.6 Å². The van der Waals surface area contributed by atoms with E-state index in [2.05, 4.69) is 5.32 Å². The van der Waals surface area contributed by atoms with Gasteiger partial charge in [-0.1, -0.05) is 18.5 Å². The van der Waals surface area contributed by atoms with Crippen LogP contribution in [-0.4, -0.2) is 39.2 Å². The molecule has 0 spiro atoms. The van der Waals surface area contributed by atoms with E-state index in [1.54, 1.807) is 48.4 Å². The van der Waals surface area contributed by atoms with Crippen LogP contribution in [-0.2, 0) is 9.59 Å². The van der Waals surface area contributed by atoms with E-state index < -0.39 is 5.92 Å². The molecule has 2 aromatic rings. The van der Waals surface area contributed by atoms with Gasteiger partial charge >= 0.3 is 0 Å². The minimum Gasteiger partial charge on any atom is -0.493 e. The number of ether oxygens (including phenoxy) is 3. The summed E-state index contributed by atoms with van der Waals surface area (Å²) in [5, 5.41) is 3.35. The van der Waals surface area contributed by atoms with Crippen molar-refractivity contribution < 1.29 is 23.8 Å². The number of carbonyl (C=O) groups excluding carboxylic acids is 2. The first kappa shape index (κ1) is 21.8. The van der Waals surface area contributed by atoms with E-state index in [1.807, 2.05) is 6.92 Å². The van der Waals surface area contributed by atoms with Crippen LogP contribution in [0.2, 0.25) is 5.02 Å². The Balaban J connectivity index is 1.74. The molecule has 0 saturated carbocycles.